The zero-order valence-electron chi connectivity index (χ0n) is 8.82. The molecule has 0 aromatic carbocycles. The summed E-state index contributed by atoms with van der Waals surface area (Å²) in [4.78, 5) is 15.3. The second-order valence-corrected chi connectivity index (χ2v) is 3.37. The van der Waals surface area contributed by atoms with Crippen LogP contribution in [0.2, 0.25) is 0 Å². The molecule has 0 aliphatic rings. The predicted molar refractivity (Wildman–Crippen MR) is 61.7 cm³/mol. The van der Waals surface area contributed by atoms with E-state index in [0.717, 1.165) is 0 Å². The first kappa shape index (κ1) is 11.2. The van der Waals surface area contributed by atoms with E-state index in [4.69, 9.17) is 5.73 Å². The molecular formula is C10H14N4O. The zero-order chi connectivity index (χ0) is 11.4. The number of nitrogen functional groups attached to an aromatic ring is 1. The summed E-state index contributed by atoms with van der Waals surface area (Å²) in [6.07, 6.45) is 2.90. The predicted octanol–water partition coefficient (Wildman–Crippen LogP) is 1.36. The quantitative estimate of drug-likeness (QED) is 0.732. The first-order valence-electron chi connectivity index (χ1n) is 4.61. The number of aliphatic imine (C=N–C) groups is 1. The van der Waals surface area contributed by atoms with E-state index in [9.17, 15) is 4.79 Å². The van der Waals surface area contributed by atoms with Gasteiger partial charge in [-0.15, -0.1) is 0 Å². The molecule has 3 N–H and O–H groups in total. The molecule has 5 heteroatoms. The molecule has 0 atom stereocenters. The smallest absolute Gasteiger partial charge is 0.292 e. The lowest BCUT2D eigenvalue weighted by atomic mass is 10.1. The fourth-order valence-electron chi connectivity index (χ4n) is 1.16. The summed E-state index contributed by atoms with van der Waals surface area (Å²) in [6.45, 7) is 7.36. The molecule has 0 amide bonds. The number of H-pyrrole nitrogens is 1. The molecule has 0 saturated carbocycles. The van der Waals surface area contributed by atoms with Crippen molar-refractivity contribution in [2.75, 3.05) is 5.73 Å². The Morgan fingerprint density at radius 1 is 1.60 bits per heavy atom. The van der Waals surface area contributed by atoms with E-state index in [1.54, 1.807) is 0 Å². The van der Waals surface area contributed by atoms with Crippen LogP contribution in [-0.2, 0) is 0 Å². The van der Waals surface area contributed by atoms with Gasteiger partial charge in [-0.3, -0.25) is 4.79 Å². The van der Waals surface area contributed by atoms with Crippen LogP contribution in [-0.4, -0.2) is 16.4 Å². The van der Waals surface area contributed by atoms with E-state index in [-0.39, 0.29) is 11.6 Å². The number of allylic oxidation sites excluding steroid dienone is 1. The van der Waals surface area contributed by atoms with Crippen LogP contribution >= 0.6 is 0 Å². The van der Waals surface area contributed by atoms with Crippen LogP contribution < -0.4 is 11.3 Å². The molecule has 0 bridgehead atoms. The first-order valence-corrected chi connectivity index (χ1v) is 4.61. The van der Waals surface area contributed by atoms with Crippen molar-refractivity contribution in [3.8, 4) is 0 Å². The molecule has 0 radical (unpaired) electrons. The minimum atomic E-state index is -0.394. The van der Waals surface area contributed by atoms with Crippen molar-refractivity contribution in [1.29, 1.82) is 0 Å². The van der Waals surface area contributed by atoms with Crippen LogP contribution in [0.4, 0.5) is 11.4 Å². The minimum Gasteiger partial charge on any atom is -0.395 e. The molecule has 0 saturated heterocycles. The second kappa shape index (κ2) is 4.54. The van der Waals surface area contributed by atoms with Crippen LogP contribution in [0.25, 0.3) is 0 Å². The summed E-state index contributed by atoms with van der Waals surface area (Å²) >= 11 is 0. The normalized spacial score (nSPS) is 11.1. The first-order chi connectivity index (χ1) is 7.07. The fraction of sp³-hybridized carbons (Fsp3) is 0.300. The number of nitrogens with two attached hydrogens (primary N) is 1. The van der Waals surface area contributed by atoms with Crippen LogP contribution in [0.15, 0.2) is 22.4 Å². The average molecular weight is 206 g/mol. The summed E-state index contributed by atoms with van der Waals surface area (Å²) in [7, 11) is 0. The van der Waals surface area contributed by atoms with Gasteiger partial charge in [0, 0.05) is 6.21 Å². The number of aromatic nitrogens is 2. The lowest BCUT2D eigenvalue weighted by Gasteiger charge is -2.08. The Labute approximate surface area is 87.7 Å². The summed E-state index contributed by atoms with van der Waals surface area (Å²) in [5.74, 6) is 0.138. The van der Waals surface area contributed by atoms with Gasteiger partial charge >= 0.3 is 0 Å². The summed E-state index contributed by atoms with van der Waals surface area (Å²) in [5, 5.41) is 6.25. The van der Waals surface area contributed by atoms with Gasteiger partial charge in [-0.25, -0.2) is 10.1 Å². The Morgan fingerprint density at radius 3 is 2.80 bits per heavy atom. The van der Waals surface area contributed by atoms with Gasteiger partial charge in [0.05, 0.1) is 11.4 Å². The largest absolute Gasteiger partial charge is 0.395 e. The molecular weight excluding hydrogens is 192 g/mol. The molecule has 1 heterocycles. The Bertz CT molecular complexity index is 445. The molecule has 1 rings (SSSR count). The van der Waals surface area contributed by atoms with Crippen molar-refractivity contribution in [2.24, 2.45) is 4.99 Å². The van der Waals surface area contributed by atoms with Crippen LogP contribution in [0.3, 0.4) is 0 Å². The number of nitrogens with zero attached hydrogens (tertiary/aromatic N) is 2. The molecule has 0 spiro atoms. The van der Waals surface area contributed by atoms with Crippen molar-refractivity contribution in [1.82, 2.24) is 10.2 Å². The Morgan fingerprint density at radius 2 is 2.27 bits per heavy atom. The highest BCUT2D eigenvalue weighted by Gasteiger charge is 2.12. The van der Waals surface area contributed by atoms with Gasteiger partial charge in [-0.2, -0.15) is 5.10 Å². The average Bonchev–Trinajstić information content (AvgIpc) is 2.17. The zero-order valence-corrected chi connectivity index (χ0v) is 8.82. The number of nitrogens with one attached hydrogen (secondary N) is 1. The summed E-state index contributed by atoms with van der Waals surface area (Å²) in [6, 6.07) is 0. The third-order valence-corrected chi connectivity index (χ3v) is 1.88. The maximum Gasteiger partial charge on any atom is 0.292 e. The Kier molecular flexibility index (Phi) is 3.38. The van der Waals surface area contributed by atoms with Gasteiger partial charge in [-0.05, 0) is 5.92 Å². The molecule has 15 heavy (non-hydrogen) atoms. The van der Waals surface area contributed by atoms with Gasteiger partial charge in [-0.1, -0.05) is 26.5 Å². The third kappa shape index (κ3) is 2.31. The lowest BCUT2D eigenvalue weighted by molar-refractivity contribution is 0.782. The number of anilines is 1. The van der Waals surface area contributed by atoms with Crippen LogP contribution in [0, 0.1) is 0 Å². The highest BCUT2D eigenvalue weighted by Crippen LogP contribution is 2.24. The van der Waals surface area contributed by atoms with Crippen LogP contribution in [0.5, 0.6) is 0 Å². The third-order valence-electron chi connectivity index (χ3n) is 1.88. The minimum absolute atomic E-state index is 0.138. The summed E-state index contributed by atoms with van der Waals surface area (Å²) < 4.78 is 0. The van der Waals surface area contributed by atoms with Gasteiger partial charge in [0.25, 0.3) is 5.56 Å². The summed E-state index contributed by atoms with van der Waals surface area (Å²) in [5.41, 5.74) is 6.56. The topological polar surface area (TPSA) is 84.1 Å². The van der Waals surface area contributed by atoms with Crippen molar-refractivity contribution in [2.45, 2.75) is 19.8 Å². The Balaban J connectivity index is 3.36. The molecule has 0 aliphatic carbocycles. The molecule has 0 aliphatic heterocycles. The van der Waals surface area contributed by atoms with E-state index in [2.05, 4.69) is 21.8 Å². The highest BCUT2D eigenvalue weighted by molar-refractivity contribution is 5.77. The van der Waals surface area contributed by atoms with Crippen LogP contribution in [0.1, 0.15) is 25.5 Å². The monoisotopic (exact) mass is 206 g/mol. The molecule has 1 aromatic heterocycles. The van der Waals surface area contributed by atoms with E-state index in [1.807, 2.05) is 13.8 Å². The Hall–Kier alpha value is -1.91. The number of aromatic amines is 1. The SMILES string of the molecule is C=CC=Nc1c(N)c(C(C)C)n[nH]c1=O. The molecule has 0 fully saturated rings. The van der Waals surface area contributed by atoms with E-state index >= 15 is 0 Å². The number of rotatable bonds is 3. The number of hydrogen-bond donors (Lipinski definition) is 2. The maximum atomic E-state index is 11.4. The molecule has 5 nitrogen and oxygen atoms in total. The van der Waals surface area contributed by atoms with E-state index in [0.29, 0.717) is 11.4 Å². The van der Waals surface area contributed by atoms with Crippen molar-refractivity contribution < 1.29 is 0 Å². The van der Waals surface area contributed by atoms with E-state index < -0.39 is 5.56 Å². The van der Waals surface area contributed by atoms with Crippen molar-refractivity contribution >= 4 is 17.6 Å². The molecule has 1 aromatic rings. The van der Waals surface area contributed by atoms with Gasteiger partial charge in [0.1, 0.15) is 0 Å². The maximum absolute atomic E-state index is 11.4. The van der Waals surface area contributed by atoms with Gasteiger partial charge in [0.15, 0.2) is 5.69 Å². The second-order valence-electron chi connectivity index (χ2n) is 3.37. The fourth-order valence-corrected chi connectivity index (χ4v) is 1.16. The molecule has 0 unspecified atom stereocenters. The lowest BCUT2D eigenvalue weighted by Crippen LogP contribution is -2.14. The van der Waals surface area contributed by atoms with Crippen molar-refractivity contribution in [3.63, 3.8) is 0 Å². The number of hydrogen-bond acceptors (Lipinski definition) is 4. The van der Waals surface area contributed by atoms with E-state index in [1.165, 1.54) is 12.3 Å². The standard InChI is InChI=1S/C10H14N4O/c1-4-5-12-9-7(11)8(6(2)3)13-14-10(9)15/h4-6H,1H2,2-3H3,(H3,11,14,15). The van der Waals surface area contributed by atoms with Crippen molar-refractivity contribution in [3.05, 3.63) is 28.7 Å². The van der Waals surface area contributed by atoms with Gasteiger partial charge < -0.3 is 5.73 Å². The molecule has 80 valence electrons. The highest BCUT2D eigenvalue weighted by atomic mass is 16.1. The van der Waals surface area contributed by atoms with Gasteiger partial charge in [0.2, 0.25) is 0 Å².